The zero-order chi connectivity index (χ0) is 10.1. The number of fused-ring (bicyclic) bond motifs is 1. The summed E-state index contributed by atoms with van der Waals surface area (Å²) in [6.07, 6.45) is 0. The second-order valence-electron chi connectivity index (χ2n) is 3.14. The van der Waals surface area contributed by atoms with Crippen LogP contribution < -0.4 is 11.3 Å². The standard InChI is InChI=1S/C10H12N4/c1-7(2)14-9-6-4-3-5-8(9)12-10(14)13-11/h3-6H,1,11H2,2H3,(H,12,13). The first-order chi connectivity index (χ1) is 6.74. The van der Waals surface area contributed by atoms with Crippen LogP contribution in [0.1, 0.15) is 6.92 Å². The molecule has 0 aliphatic carbocycles. The minimum absolute atomic E-state index is 0.610. The van der Waals surface area contributed by atoms with Gasteiger partial charge in [0.05, 0.1) is 11.0 Å². The van der Waals surface area contributed by atoms with Crippen LogP contribution in [0.4, 0.5) is 5.95 Å². The van der Waals surface area contributed by atoms with Gasteiger partial charge in [-0.05, 0) is 19.1 Å². The SMILES string of the molecule is C=C(C)n1c(NN)nc2ccccc21. The predicted octanol–water partition coefficient (Wildman–Crippen LogP) is 1.81. The Morgan fingerprint density at radius 2 is 2.21 bits per heavy atom. The monoisotopic (exact) mass is 188 g/mol. The number of anilines is 1. The van der Waals surface area contributed by atoms with Crippen molar-refractivity contribution in [1.29, 1.82) is 0 Å². The fourth-order valence-corrected chi connectivity index (χ4v) is 1.51. The molecule has 2 aromatic rings. The normalized spacial score (nSPS) is 10.4. The van der Waals surface area contributed by atoms with Gasteiger partial charge in [0.1, 0.15) is 0 Å². The van der Waals surface area contributed by atoms with Crippen LogP contribution >= 0.6 is 0 Å². The summed E-state index contributed by atoms with van der Waals surface area (Å²) in [5, 5.41) is 0. The third kappa shape index (κ3) is 1.16. The summed E-state index contributed by atoms with van der Waals surface area (Å²) in [5.41, 5.74) is 5.35. The van der Waals surface area contributed by atoms with Crippen molar-refractivity contribution in [2.24, 2.45) is 5.84 Å². The van der Waals surface area contributed by atoms with Crippen LogP contribution in [0.25, 0.3) is 16.7 Å². The Kier molecular flexibility index (Phi) is 1.98. The van der Waals surface area contributed by atoms with Gasteiger partial charge in [0.25, 0.3) is 0 Å². The first-order valence-electron chi connectivity index (χ1n) is 4.34. The van der Waals surface area contributed by atoms with Crippen LogP contribution in [0.3, 0.4) is 0 Å². The van der Waals surface area contributed by atoms with E-state index in [1.54, 1.807) is 0 Å². The molecule has 0 bridgehead atoms. The number of allylic oxidation sites excluding steroid dienone is 1. The summed E-state index contributed by atoms with van der Waals surface area (Å²) in [7, 11) is 0. The molecule has 4 heteroatoms. The number of benzene rings is 1. The van der Waals surface area contributed by atoms with E-state index in [-0.39, 0.29) is 0 Å². The maximum atomic E-state index is 5.38. The van der Waals surface area contributed by atoms with Crippen LogP contribution in [0, 0.1) is 0 Å². The van der Waals surface area contributed by atoms with Gasteiger partial charge in [0.15, 0.2) is 0 Å². The van der Waals surface area contributed by atoms with Crippen molar-refractivity contribution in [3.8, 4) is 0 Å². The third-order valence-corrected chi connectivity index (χ3v) is 2.07. The number of rotatable bonds is 2. The van der Waals surface area contributed by atoms with E-state index in [1.807, 2.05) is 35.8 Å². The van der Waals surface area contributed by atoms with Crippen LogP contribution in [-0.4, -0.2) is 9.55 Å². The first-order valence-corrected chi connectivity index (χ1v) is 4.34. The molecule has 0 atom stereocenters. The number of nitrogen functional groups attached to an aromatic ring is 1. The average molecular weight is 188 g/mol. The Hall–Kier alpha value is -1.81. The van der Waals surface area contributed by atoms with Crippen molar-refractivity contribution in [3.63, 3.8) is 0 Å². The highest BCUT2D eigenvalue weighted by molar-refractivity contribution is 5.82. The largest absolute Gasteiger partial charge is 0.293 e. The van der Waals surface area contributed by atoms with Gasteiger partial charge in [-0.25, -0.2) is 10.8 Å². The van der Waals surface area contributed by atoms with Crippen molar-refractivity contribution in [2.45, 2.75) is 6.92 Å². The van der Waals surface area contributed by atoms with Gasteiger partial charge in [0.2, 0.25) is 5.95 Å². The van der Waals surface area contributed by atoms with Gasteiger partial charge < -0.3 is 0 Å². The van der Waals surface area contributed by atoms with E-state index >= 15 is 0 Å². The zero-order valence-electron chi connectivity index (χ0n) is 7.99. The molecule has 4 nitrogen and oxygen atoms in total. The molecule has 0 spiro atoms. The van der Waals surface area contributed by atoms with E-state index in [0.717, 1.165) is 16.7 Å². The Morgan fingerprint density at radius 1 is 1.50 bits per heavy atom. The van der Waals surface area contributed by atoms with Crippen LogP contribution in [-0.2, 0) is 0 Å². The molecule has 2 rings (SSSR count). The van der Waals surface area contributed by atoms with Gasteiger partial charge >= 0.3 is 0 Å². The third-order valence-electron chi connectivity index (χ3n) is 2.07. The van der Waals surface area contributed by atoms with Crippen LogP contribution in [0.5, 0.6) is 0 Å². The van der Waals surface area contributed by atoms with E-state index in [0.29, 0.717) is 5.95 Å². The number of hydrogen-bond acceptors (Lipinski definition) is 3. The summed E-state index contributed by atoms with van der Waals surface area (Å²) in [6, 6.07) is 7.83. The maximum absolute atomic E-state index is 5.38. The molecule has 0 aliphatic heterocycles. The zero-order valence-corrected chi connectivity index (χ0v) is 7.99. The number of nitrogens with two attached hydrogens (primary N) is 1. The lowest BCUT2D eigenvalue weighted by Gasteiger charge is -2.06. The van der Waals surface area contributed by atoms with Crippen molar-refractivity contribution >= 4 is 22.7 Å². The first kappa shape index (κ1) is 8.77. The lowest BCUT2D eigenvalue weighted by molar-refractivity contribution is 1.08. The van der Waals surface area contributed by atoms with Gasteiger partial charge in [0, 0.05) is 5.70 Å². The minimum Gasteiger partial charge on any atom is -0.293 e. The molecule has 0 aliphatic rings. The van der Waals surface area contributed by atoms with E-state index in [4.69, 9.17) is 5.84 Å². The molecule has 1 aromatic carbocycles. The highest BCUT2D eigenvalue weighted by atomic mass is 15.3. The molecule has 0 saturated carbocycles. The molecular formula is C10H12N4. The number of nitrogens with zero attached hydrogens (tertiary/aromatic N) is 2. The summed E-state index contributed by atoms with van der Waals surface area (Å²) < 4.78 is 1.88. The average Bonchev–Trinajstić information content (AvgIpc) is 2.55. The maximum Gasteiger partial charge on any atom is 0.222 e. The Morgan fingerprint density at radius 3 is 2.86 bits per heavy atom. The van der Waals surface area contributed by atoms with E-state index in [9.17, 15) is 0 Å². The molecule has 1 heterocycles. The smallest absolute Gasteiger partial charge is 0.222 e. The summed E-state index contributed by atoms with van der Waals surface area (Å²) in [6.45, 7) is 5.80. The fraction of sp³-hybridized carbons (Fsp3) is 0.100. The number of hydrazine groups is 1. The van der Waals surface area contributed by atoms with E-state index in [1.165, 1.54) is 0 Å². The number of para-hydroxylation sites is 2. The van der Waals surface area contributed by atoms with E-state index in [2.05, 4.69) is 17.0 Å². The van der Waals surface area contributed by atoms with Crippen molar-refractivity contribution in [3.05, 3.63) is 30.8 Å². The molecule has 0 radical (unpaired) electrons. The second-order valence-corrected chi connectivity index (χ2v) is 3.14. The lowest BCUT2D eigenvalue weighted by Crippen LogP contribution is -2.12. The molecule has 3 N–H and O–H groups in total. The Balaban J connectivity index is 2.81. The van der Waals surface area contributed by atoms with Crippen molar-refractivity contribution < 1.29 is 0 Å². The molecule has 0 saturated heterocycles. The van der Waals surface area contributed by atoms with Crippen molar-refractivity contribution in [2.75, 3.05) is 5.43 Å². The summed E-state index contributed by atoms with van der Waals surface area (Å²) >= 11 is 0. The Labute approximate surface area is 82.0 Å². The number of imidazole rings is 1. The molecule has 1 aromatic heterocycles. The van der Waals surface area contributed by atoms with Crippen LogP contribution in [0.2, 0.25) is 0 Å². The highest BCUT2D eigenvalue weighted by Crippen LogP contribution is 2.21. The second kappa shape index (κ2) is 3.16. The predicted molar refractivity (Wildman–Crippen MR) is 58.5 cm³/mol. The van der Waals surface area contributed by atoms with Gasteiger partial charge in [-0.1, -0.05) is 18.7 Å². The van der Waals surface area contributed by atoms with Gasteiger partial charge in [-0.15, -0.1) is 0 Å². The van der Waals surface area contributed by atoms with Gasteiger partial charge in [-0.2, -0.15) is 0 Å². The Bertz CT molecular complexity index is 484. The summed E-state index contributed by atoms with van der Waals surface area (Å²) in [5.74, 6) is 5.99. The molecular weight excluding hydrogens is 176 g/mol. The number of aromatic nitrogens is 2. The topological polar surface area (TPSA) is 55.9 Å². The lowest BCUT2D eigenvalue weighted by atomic mass is 10.3. The highest BCUT2D eigenvalue weighted by Gasteiger charge is 2.08. The minimum atomic E-state index is 0.610. The molecule has 0 unspecified atom stereocenters. The number of hydrogen-bond donors (Lipinski definition) is 2. The van der Waals surface area contributed by atoms with E-state index < -0.39 is 0 Å². The van der Waals surface area contributed by atoms with Gasteiger partial charge in [-0.3, -0.25) is 9.99 Å². The molecule has 72 valence electrons. The molecule has 14 heavy (non-hydrogen) atoms. The quantitative estimate of drug-likeness (QED) is 0.558. The van der Waals surface area contributed by atoms with Crippen molar-refractivity contribution in [1.82, 2.24) is 9.55 Å². The summed E-state index contributed by atoms with van der Waals surface area (Å²) in [4.78, 5) is 4.32. The number of nitrogens with one attached hydrogen (secondary N) is 1. The fourth-order valence-electron chi connectivity index (χ4n) is 1.51. The molecule has 0 fully saturated rings. The molecule has 0 amide bonds. The van der Waals surface area contributed by atoms with Crippen LogP contribution in [0.15, 0.2) is 30.8 Å².